The van der Waals surface area contributed by atoms with E-state index in [0.717, 1.165) is 0 Å². The number of nitrogens with zero attached hydrogens (tertiary/aromatic N) is 1. The summed E-state index contributed by atoms with van der Waals surface area (Å²) in [7, 11) is 0. The lowest BCUT2D eigenvalue weighted by molar-refractivity contribution is -0.114. The molecule has 0 atom stereocenters. The van der Waals surface area contributed by atoms with Crippen LogP contribution in [0.5, 0.6) is 0 Å². The minimum absolute atomic E-state index is 0.166. The number of carbonyl (C=O) groups is 2. The van der Waals surface area contributed by atoms with E-state index < -0.39 is 0 Å². The molecule has 0 saturated heterocycles. The number of nitrogens with one attached hydrogen (secondary N) is 2. The smallest absolute Gasteiger partial charge is 0.275 e. The van der Waals surface area contributed by atoms with Crippen LogP contribution in [0.25, 0.3) is 0 Å². The maximum atomic E-state index is 12.0. The maximum absolute atomic E-state index is 12.0. The molecule has 0 aliphatic rings. The minimum Gasteiger partial charge on any atom is -0.326 e. The first-order valence-corrected chi connectivity index (χ1v) is 6.80. The summed E-state index contributed by atoms with van der Waals surface area (Å²) in [5.74, 6) is -0.471. The normalized spacial score (nSPS) is 10.1. The number of anilines is 2. The third kappa shape index (κ3) is 3.62. The number of hydrogen-bond donors (Lipinski definition) is 3. The zero-order valence-corrected chi connectivity index (χ0v) is 11.7. The van der Waals surface area contributed by atoms with Crippen LogP contribution < -0.4 is 16.4 Å². The van der Waals surface area contributed by atoms with E-state index in [-0.39, 0.29) is 11.8 Å². The van der Waals surface area contributed by atoms with Crippen molar-refractivity contribution in [1.82, 2.24) is 4.98 Å². The van der Waals surface area contributed by atoms with Crippen LogP contribution in [0.4, 0.5) is 11.4 Å². The standard InChI is InChI=1S/C13H14N4O2S/c1-8(18)15-9-3-2-4-10(5-9)16-13(19)11-7-20-12(6-14)17-11/h2-5,7H,6,14H2,1H3,(H,15,18)(H,16,19). The molecule has 0 spiro atoms. The Balaban J connectivity index is 2.09. The summed E-state index contributed by atoms with van der Waals surface area (Å²) in [6.07, 6.45) is 0. The van der Waals surface area contributed by atoms with Gasteiger partial charge in [-0.25, -0.2) is 4.98 Å². The van der Waals surface area contributed by atoms with Crippen LogP contribution >= 0.6 is 11.3 Å². The third-order valence-electron chi connectivity index (χ3n) is 2.40. The van der Waals surface area contributed by atoms with Crippen molar-refractivity contribution in [3.8, 4) is 0 Å². The zero-order valence-electron chi connectivity index (χ0n) is 10.8. The van der Waals surface area contributed by atoms with E-state index in [0.29, 0.717) is 28.6 Å². The van der Waals surface area contributed by atoms with Gasteiger partial charge in [-0.1, -0.05) is 6.07 Å². The molecule has 1 aromatic carbocycles. The van der Waals surface area contributed by atoms with Crippen LogP contribution in [0.3, 0.4) is 0 Å². The largest absolute Gasteiger partial charge is 0.326 e. The number of hydrogen-bond acceptors (Lipinski definition) is 5. The molecule has 4 N–H and O–H groups in total. The second-order valence-corrected chi connectivity index (χ2v) is 4.99. The molecule has 0 fully saturated rings. The highest BCUT2D eigenvalue weighted by molar-refractivity contribution is 7.09. The van der Waals surface area contributed by atoms with Gasteiger partial charge in [-0.05, 0) is 18.2 Å². The predicted octanol–water partition coefficient (Wildman–Crippen LogP) is 1.81. The Bertz CT molecular complexity index is 639. The van der Waals surface area contributed by atoms with Gasteiger partial charge >= 0.3 is 0 Å². The number of nitrogens with two attached hydrogens (primary N) is 1. The lowest BCUT2D eigenvalue weighted by Gasteiger charge is -2.06. The van der Waals surface area contributed by atoms with Gasteiger partial charge in [-0.15, -0.1) is 11.3 Å². The number of aromatic nitrogens is 1. The number of thiazole rings is 1. The predicted molar refractivity (Wildman–Crippen MR) is 78.7 cm³/mol. The summed E-state index contributed by atoms with van der Waals surface area (Å²) in [6, 6.07) is 6.90. The molecule has 1 heterocycles. The molecular weight excluding hydrogens is 276 g/mol. The molecule has 2 rings (SSSR count). The van der Waals surface area contributed by atoms with E-state index in [4.69, 9.17) is 5.73 Å². The number of amides is 2. The Kier molecular flexibility index (Phi) is 4.44. The van der Waals surface area contributed by atoms with E-state index in [9.17, 15) is 9.59 Å². The average Bonchev–Trinajstić information content (AvgIpc) is 2.87. The minimum atomic E-state index is -0.305. The van der Waals surface area contributed by atoms with Crippen molar-refractivity contribution in [2.24, 2.45) is 5.73 Å². The number of carbonyl (C=O) groups excluding carboxylic acids is 2. The van der Waals surface area contributed by atoms with Crippen LogP contribution in [-0.4, -0.2) is 16.8 Å². The van der Waals surface area contributed by atoms with E-state index >= 15 is 0 Å². The van der Waals surface area contributed by atoms with Crippen LogP contribution in [0.15, 0.2) is 29.6 Å². The summed E-state index contributed by atoms with van der Waals surface area (Å²) in [5, 5.41) is 7.75. The van der Waals surface area contributed by atoms with Gasteiger partial charge in [0.15, 0.2) is 0 Å². The molecule has 20 heavy (non-hydrogen) atoms. The molecule has 2 amide bonds. The van der Waals surface area contributed by atoms with Crippen molar-refractivity contribution in [1.29, 1.82) is 0 Å². The highest BCUT2D eigenvalue weighted by Crippen LogP contribution is 2.17. The van der Waals surface area contributed by atoms with Crippen molar-refractivity contribution in [3.05, 3.63) is 40.3 Å². The molecule has 0 aliphatic heterocycles. The first-order chi connectivity index (χ1) is 9.58. The molecule has 0 bridgehead atoms. The van der Waals surface area contributed by atoms with E-state index in [1.165, 1.54) is 18.3 Å². The Hall–Kier alpha value is -2.25. The monoisotopic (exact) mass is 290 g/mol. The van der Waals surface area contributed by atoms with Gasteiger partial charge in [0.05, 0.1) is 0 Å². The van der Waals surface area contributed by atoms with Gasteiger partial charge in [0.2, 0.25) is 5.91 Å². The first kappa shape index (κ1) is 14.2. The fraction of sp³-hybridized carbons (Fsp3) is 0.154. The summed E-state index contributed by atoms with van der Waals surface area (Å²) in [4.78, 5) is 27.1. The fourth-order valence-electron chi connectivity index (χ4n) is 1.58. The lowest BCUT2D eigenvalue weighted by Crippen LogP contribution is -2.13. The Morgan fingerprint density at radius 1 is 1.30 bits per heavy atom. The van der Waals surface area contributed by atoms with Crippen molar-refractivity contribution in [3.63, 3.8) is 0 Å². The average molecular weight is 290 g/mol. The molecule has 6 nitrogen and oxygen atoms in total. The molecular formula is C13H14N4O2S. The Labute approximate surface area is 120 Å². The molecule has 0 aliphatic carbocycles. The maximum Gasteiger partial charge on any atom is 0.275 e. The van der Waals surface area contributed by atoms with Gasteiger partial charge in [0.1, 0.15) is 10.7 Å². The van der Waals surface area contributed by atoms with E-state index in [2.05, 4.69) is 15.6 Å². The van der Waals surface area contributed by atoms with Gasteiger partial charge in [0, 0.05) is 30.2 Å². The van der Waals surface area contributed by atoms with Gasteiger partial charge in [-0.3, -0.25) is 9.59 Å². The zero-order chi connectivity index (χ0) is 14.5. The molecule has 0 unspecified atom stereocenters. The van der Waals surface area contributed by atoms with Crippen molar-refractivity contribution >= 4 is 34.5 Å². The molecule has 7 heteroatoms. The number of rotatable bonds is 4. The molecule has 2 aromatic rings. The van der Waals surface area contributed by atoms with E-state index in [1.54, 1.807) is 29.6 Å². The molecule has 104 valence electrons. The lowest BCUT2D eigenvalue weighted by atomic mass is 10.2. The van der Waals surface area contributed by atoms with Crippen LogP contribution in [0.2, 0.25) is 0 Å². The van der Waals surface area contributed by atoms with Gasteiger partial charge in [0.25, 0.3) is 5.91 Å². The molecule has 0 radical (unpaired) electrons. The summed E-state index contributed by atoms with van der Waals surface area (Å²) in [5.41, 5.74) is 7.00. The van der Waals surface area contributed by atoms with Crippen LogP contribution in [0.1, 0.15) is 22.4 Å². The van der Waals surface area contributed by atoms with E-state index in [1.807, 2.05) is 0 Å². The quantitative estimate of drug-likeness (QED) is 0.800. The highest BCUT2D eigenvalue weighted by atomic mass is 32.1. The third-order valence-corrected chi connectivity index (χ3v) is 3.27. The second kappa shape index (κ2) is 6.27. The van der Waals surface area contributed by atoms with Gasteiger partial charge < -0.3 is 16.4 Å². The first-order valence-electron chi connectivity index (χ1n) is 5.92. The fourth-order valence-corrected chi connectivity index (χ4v) is 2.24. The van der Waals surface area contributed by atoms with Gasteiger partial charge in [-0.2, -0.15) is 0 Å². The second-order valence-electron chi connectivity index (χ2n) is 4.05. The number of benzene rings is 1. The van der Waals surface area contributed by atoms with Crippen molar-refractivity contribution < 1.29 is 9.59 Å². The Morgan fingerprint density at radius 3 is 2.60 bits per heavy atom. The van der Waals surface area contributed by atoms with Crippen LogP contribution in [0, 0.1) is 0 Å². The molecule has 1 aromatic heterocycles. The molecule has 0 saturated carbocycles. The van der Waals surface area contributed by atoms with Crippen LogP contribution in [-0.2, 0) is 11.3 Å². The Morgan fingerprint density at radius 2 is 2.00 bits per heavy atom. The summed E-state index contributed by atoms with van der Waals surface area (Å²) >= 11 is 1.35. The summed E-state index contributed by atoms with van der Waals surface area (Å²) in [6.45, 7) is 1.74. The summed E-state index contributed by atoms with van der Waals surface area (Å²) < 4.78 is 0. The van der Waals surface area contributed by atoms with Crippen molar-refractivity contribution in [2.45, 2.75) is 13.5 Å². The van der Waals surface area contributed by atoms with Crippen molar-refractivity contribution in [2.75, 3.05) is 10.6 Å². The SMILES string of the molecule is CC(=O)Nc1cccc(NC(=O)c2csc(CN)n2)c1. The topological polar surface area (TPSA) is 97.1 Å². The highest BCUT2D eigenvalue weighted by Gasteiger charge is 2.10.